The van der Waals surface area contributed by atoms with Crippen molar-refractivity contribution in [2.24, 2.45) is 0 Å². The van der Waals surface area contributed by atoms with Gasteiger partial charge in [-0.3, -0.25) is 0 Å². The Bertz CT molecular complexity index is 502. The van der Waals surface area contributed by atoms with E-state index in [0.29, 0.717) is 6.61 Å². The maximum atomic E-state index is 5.73. The molecule has 2 N–H and O–H groups in total. The van der Waals surface area contributed by atoms with Crippen molar-refractivity contribution in [2.45, 2.75) is 25.0 Å². The molecule has 1 unspecified atom stereocenters. The van der Waals surface area contributed by atoms with E-state index in [0.717, 1.165) is 23.2 Å². The molecule has 1 atom stereocenters. The van der Waals surface area contributed by atoms with E-state index in [2.05, 4.69) is 34.3 Å². The van der Waals surface area contributed by atoms with E-state index in [9.17, 15) is 0 Å². The van der Waals surface area contributed by atoms with Crippen molar-refractivity contribution in [3.05, 3.63) is 42.2 Å². The molecule has 0 aliphatic rings. The molecule has 1 aromatic heterocycles. The molecule has 108 valence electrons. The quantitative estimate of drug-likeness (QED) is 0.733. The Morgan fingerprint density at radius 3 is 2.90 bits per heavy atom. The minimum absolute atomic E-state index is 0.248. The Balaban J connectivity index is 2.10. The number of ether oxygens (including phenoxy) is 1. The average molecular weight is 291 g/mol. The van der Waals surface area contributed by atoms with Gasteiger partial charge < -0.3 is 15.0 Å². The minimum atomic E-state index is 0.248. The molecule has 0 bridgehead atoms. The molecule has 20 heavy (non-hydrogen) atoms. The third-order valence-corrected chi connectivity index (χ3v) is 3.90. The summed E-state index contributed by atoms with van der Waals surface area (Å²) in [7, 11) is 0. The standard InChI is InChI=1S/C15H21N3OS/c1-3-16-13(11-20-15-17-9-10-18-15)12-7-5-6-8-14(12)19-4-2/h5-10,13,16H,3-4,11H2,1-2H3,(H,17,18). The molecule has 2 aromatic rings. The van der Waals surface area contributed by atoms with Crippen LogP contribution in [0, 0.1) is 0 Å². The van der Waals surface area contributed by atoms with E-state index in [1.54, 1.807) is 18.0 Å². The van der Waals surface area contributed by atoms with Gasteiger partial charge in [0, 0.05) is 29.8 Å². The van der Waals surface area contributed by atoms with Gasteiger partial charge in [-0.05, 0) is 19.5 Å². The van der Waals surface area contributed by atoms with Gasteiger partial charge in [0.1, 0.15) is 5.75 Å². The number of para-hydroxylation sites is 1. The van der Waals surface area contributed by atoms with E-state index < -0.39 is 0 Å². The van der Waals surface area contributed by atoms with Gasteiger partial charge in [0.2, 0.25) is 0 Å². The fourth-order valence-electron chi connectivity index (χ4n) is 2.05. The van der Waals surface area contributed by atoms with Gasteiger partial charge in [0.05, 0.1) is 6.61 Å². The first-order valence-corrected chi connectivity index (χ1v) is 7.91. The van der Waals surface area contributed by atoms with Crippen molar-refractivity contribution in [3.8, 4) is 5.75 Å². The summed E-state index contributed by atoms with van der Waals surface area (Å²) in [6.07, 6.45) is 3.62. The van der Waals surface area contributed by atoms with Crippen molar-refractivity contribution in [2.75, 3.05) is 18.9 Å². The number of aromatic amines is 1. The van der Waals surface area contributed by atoms with E-state index in [4.69, 9.17) is 4.74 Å². The largest absolute Gasteiger partial charge is 0.494 e. The summed E-state index contributed by atoms with van der Waals surface area (Å²) in [6.45, 7) is 5.73. The van der Waals surface area contributed by atoms with Crippen molar-refractivity contribution < 1.29 is 4.74 Å². The average Bonchev–Trinajstić information content (AvgIpc) is 2.98. The van der Waals surface area contributed by atoms with Gasteiger partial charge in [-0.25, -0.2) is 4.98 Å². The highest BCUT2D eigenvalue weighted by molar-refractivity contribution is 7.99. The molecule has 0 fully saturated rings. The van der Waals surface area contributed by atoms with Gasteiger partial charge in [0.25, 0.3) is 0 Å². The van der Waals surface area contributed by atoms with E-state index in [1.165, 1.54) is 5.56 Å². The van der Waals surface area contributed by atoms with Crippen LogP contribution in [-0.2, 0) is 0 Å². The number of hydrogen-bond donors (Lipinski definition) is 2. The molecule has 5 heteroatoms. The van der Waals surface area contributed by atoms with E-state index in [-0.39, 0.29) is 6.04 Å². The predicted molar refractivity (Wildman–Crippen MR) is 83.3 cm³/mol. The van der Waals surface area contributed by atoms with E-state index in [1.807, 2.05) is 25.3 Å². The number of aromatic nitrogens is 2. The van der Waals surface area contributed by atoms with Crippen LogP contribution >= 0.6 is 11.8 Å². The molecule has 0 spiro atoms. The highest BCUT2D eigenvalue weighted by atomic mass is 32.2. The fraction of sp³-hybridized carbons (Fsp3) is 0.400. The number of hydrogen-bond acceptors (Lipinski definition) is 4. The Kier molecular flexibility index (Phi) is 5.95. The second-order valence-corrected chi connectivity index (χ2v) is 5.30. The lowest BCUT2D eigenvalue weighted by Crippen LogP contribution is -2.23. The van der Waals surface area contributed by atoms with Gasteiger partial charge in [-0.2, -0.15) is 0 Å². The Labute approximate surface area is 124 Å². The molecular weight excluding hydrogens is 270 g/mol. The Hall–Kier alpha value is -1.46. The number of nitrogens with zero attached hydrogens (tertiary/aromatic N) is 1. The van der Waals surface area contributed by atoms with Crippen LogP contribution in [-0.4, -0.2) is 28.9 Å². The zero-order valence-electron chi connectivity index (χ0n) is 11.9. The van der Waals surface area contributed by atoms with Crippen LogP contribution in [0.1, 0.15) is 25.5 Å². The first-order valence-electron chi connectivity index (χ1n) is 6.92. The van der Waals surface area contributed by atoms with Crippen molar-refractivity contribution >= 4 is 11.8 Å². The second kappa shape index (κ2) is 7.97. The molecule has 0 saturated heterocycles. The van der Waals surface area contributed by atoms with Crippen LogP contribution < -0.4 is 10.1 Å². The molecule has 0 radical (unpaired) electrons. The Morgan fingerprint density at radius 1 is 1.35 bits per heavy atom. The molecule has 2 rings (SSSR count). The van der Waals surface area contributed by atoms with Gasteiger partial charge >= 0.3 is 0 Å². The fourth-order valence-corrected chi connectivity index (χ4v) is 2.96. The van der Waals surface area contributed by atoms with Crippen molar-refractivity contribution in [1.29, 1.82) is 0 Å². The first-order chi connectivity index (χ1) is 9.85. The normalized spacial score (nSPS) is 12.3. The summed E-state index contributed by atoms with van der Waals surface area (Å²) in [5, 5.41) is 4.46. The second-order valence-electron chi connectivity index (χ2n) is 4.29. The molecule has 4 nitrogen and oxygen atoms in total. The lowest BCUT2D eigenvalue weighted by Gasteiger charge is -2.20. The van der Waals surface area contributed by atoms with Gasteiger partial charge in [0.15, 0.2) is 5.16 Å². The molecule has 1 aromatic carbocycles. The number of benzene rings is 1. The number of imidazole rings is 1. The maximum absolute atomic E-state index is 5.73. The van der Waals surface area contributed by atoms with Crippen LogP contribution in [0.25, 0.3) is 0 Å². The smallest absolute Gasteiger partial charge is 0.165 e. The van der Waals surface area contributed by atoms with Crippen LogP contribution in [0.15, 0.2) is 41.8 Å². The summed E-state index contributed by atoms with van der Waals surface area (Å²) < 4.78 is 5.73. The minimum Gasteiger partial charge on any atom is -0.494 e. The third-order valence-electron chi connectivity index (χ3n) is 2.90. The number of thioether (sulfide) groups is 1. The van der Waals surface area contributed by atoms with Crippen molar-refractivity contribution in [3.63, 3.8) is 0 Å². The highest BCUT2D eigenvalue weighted by Crippen LogP contribution is 2.29. The number of H-pyrrole nitrogens is 1. The third kappa shape index (κ3) is 4.02. The lowest BCUT2D eigenvalue weighted by atomic mass is 10.1. The van der Waals surface area contributed by atoms with Crippen molar-refractivity contribution in [1.82, 2.24) is 15.3 Å². The van der Waals surface area contributed by atoms with Gasteiger partial charge in [-0.15, -0.1) is 0 Å². The molecule has 0 amide bonds. The molecule has 0 saturated carbocycles. The SMILES string of the molecule is CCNC(CSc1ncc[nH]1)c1ccccc1OCC. The summed E-state index contributed by atoms with van der Waals surface area (Å²) in [5.74, 6) is 1.87. The molecule has 1 heterocycles. The number of nitrogens with one attached hydrogen (secondary N) is 2. The molecular formula is C15H21N3OS. The Morgan fingerprint density at radius 2 is 2.20 bits per heavy atom. The van der Waals surface area contributed by atoms with Crippen LogP contribution in [0.3, 0.4) is 0 Å². The summed E-state index contributed by atoms with van der Waals surface area (Å²) >= 11 is 1.71. The first kappa shape index (κ1) is 14.9. The van der Waals surface area contributed by atoms with Crippen LogP contribution in [0.2, 0.25) is 0 Å². The lowest BCUT2D eigenvalue weighted by molar-refractivity contribution is 0.333. The maximum Gasteiger partial charge on any atom is 0.165 e. The zero-order valence-corrected chi connectivity index (χ0v) is 12.7. The van der Waals surface area contributed by atoms with E-state index >= 15 is 0 Å². The highest BCUT2D eigenvalue weighted by Gasteiger charge is 2.15. The summed E-state index contributed by atoms with van der Waals surface area (Å²) in [5.41, 5.74) is 1.20. The number of rotatable bonds is 8. The molecule has 0 aliphatic carbocycles. The predicted octanol–water partition coefficient (Wildman–Crippen LogP) is 3.25. The topological polar surface area (TPSA) is 49.9 Å². The molecule has 0 aliphatic heterocycles. The van der Waals surface area contributed by atoms with Crippen LogP contribution in [0.5, 0.6) is 5.75 Å². The monoisotopic (exact) mass is 291 g/mol. The zero-order chi connectivity index (χ0) is 14.2. The summed E-state index contributed by atoms with van der Waals surface area (Å²) in [6, 6.07) is 8.47. The van der Waals surface area contributed by atoms with Gasteiger partial charge in [-0.1, -0.05) is 36.9 Å². The summed E-state index contributed by atoms with van der Waals surface area (Å²) in [4.78, 5) is 7.37. The van der Waals surface area contributed by atoms with Crippen LogP contribution in [0.4, 0.5) is 0 Å².